The van der Waals surface area contributed by atoms with Crippen LogP contribution in [-0.4, -0.2) is 47.7 Å². The first-order valence-corrected chi connectivity index (χ1v) is 6.41. The highest BCUT2D eigenvalue weighted by Gasteiger charge is 2.27. The van der Waals surface area contributed by atoms with Crippen molar-refractivity contribution in [2.24, 2.45) is 16.8 Å². The first-order chi connectivity index (χ1) is 8.56. The van der Waals surface area contributed by atoms with Crippen molar-refractivity contribution in [2.75, 3.05) is 19.8 Å². The third-order valence-electron chi connectivity index (χ3n) is 3.15. The van der Waals surface area contributed by atoms with Gasteiger partial charge < -0.3 is 20.6 Å². The van der Waals surface area contributed by atoms with E-state index < -0.39 is 0 Å². The molecule has 104 valence electrons. The van der Waals surface area contributed by atoms with Crippen molar-refractivity contribution in [3.8, 4) is 0 Å². The maximum absolute atomic E-state index is 12.3. The number of carbonyl (C=O) groups is 1. The third kappa shape index (κ3) is 4.18. The van der Waals surface area contributed by atoms with Crippen molar-refractivity contribution < 1.29 is 14.7 Å². The van der Waals surface area contributed by atoms with Gasteiger partial charge in [-0.3, -0.25) is 4.79 Å². The van der Waals surface area contributed by atoms with Gasteiger partial charge in [0.05, 0.1) is 12.5 Å². The number of hydrogen-bond donors (Lipinski definition) is 2. The number of nitrogens with two attached hydrogens (primary N) is 1. The number of ether oxygens (including phenoxy) is 1. The highest BCUT2D eigenvalue weighted by Crippen LogP contribution is 2.18. The van der Waals surface area contributed by atoms with Gasteiger partial charge >= 0.3 is 0 Å². The van der Waals surface area contributed by atoms with Crippen LogP contribution in [0.4, 0.5) is 0 Å². The molecule has 3 N–H and O–H groups in total. The molecule has 1 atom stereocenters. The van der Waals surface area contributed by atoms with Gasteiger partial charge in [-0.1, -0.05) is 5.16 Å². The molecule has 1 aliphatic heterocycles. The van der Waals surface area contributed by atoms with Gasteiger partial charge in [-0.15, -0.1) is 0 Å². The quantitative estimate of drug-likeness (QED) is 0.330. The van der Waals surface area contributed by atoms with Crippen LogP contribution >= 0.6 is 0 Å². The zero-order valence-electron chi connectivity index (χ0n) is 11.1. The Morgan fingerprint density at radius 3 is 2.83 bits per heavy atom. The molecule has 1 heterocycles. The SMILES string of the molecule is CC(C)N(CCC(N)=NO)C(=O)C1CCCOC1. The number of carbonyl (C=O) groups excluding carboxylic acids is 1. The second-order valence-corrected chi connectivity index (χ2v) is 4.88. The number of nitrogens with zero attached hydrogens (tertiary/aromatic N) is 2. The minimum absolute atomic E-state index is 0.0477. The lowest BCUT2D eigenvalue weighted by Gasteiger charge is -2.32. The Bertz CT molecular complexity index is 299. The van der Waals surface area contributed by atoms with Crippen LogP contribution in [0.3, 0.4) is 0 Å². The summed E-state index contributed by atoms with van der Waals surface area (Å²) in [5, 5.41) is 11.4. The van der Waals surface area contributed by atoms with E-state index in [1.54, 1.807) is 4.90 Å². The summed E-state index contributed by atoms with van der Waals surface area (Å²) in [6.45, 7) is 5.66. The van der Waals surface area contributed by atoms with Gasteiger partial charge in [0.1, 0.15) is 5.84 Å². The largest absolute Gasteiger partial charge is 0.409 e. The molecule has 18 heavy (non-hydrogen) atoms. The zero-order valence-corrected chi connectivity index (χ0v) is 11.1. The Morgan fingerprint density at radius 2 is 2.33 bits per heavy atom. The van der Waals surface area contributed by atoms with E-state index >= 15 is 0 Å². The minimum Gasteiger partial charge on any atom is -0.409 e. The van der Waals surface area contributed by atoms with Gasteiger partial charge in [-0.05, 0) is 26.7 Å². The Labute approximate surface area is 108 Å². The van der Waals surface area contributed by atoms with E-state index in [0.29, 0.717) is 19.6 Å². The maximum atomic E-state index is 12.3. The molecular weight excluding hydrogens is 234 g/mol. The van der Waals surface area contributed by atoms with Gasteiger partial charge in [0.15, 0.2) is 0 Å². The van der Waals surface area contributed by atoms with Gasteiger partial charge in [0.2, 0.25) is 5.91 Å². The number of amides is 1. The molecule has 0 radical (unpaired) electrons. The van der Waals surface area contributed by atoms with Crippen LogP contribution in [0, 0.1) is 5.92 Å². The third-order valence-corrected chi connectivity index (χ3v) is 3.15. The molecule has 1 saturated heterocycles. The van der Waals surface area contributed by atoms with E-state index in [1.165, 1.54) is 0 Å². The molecule has 0 aliphatic carbocycles. The van der Waals surface area contributed by atoms with Gasteiger partial charge in [0.25, 0.3) is 0 Å². The molecule has 1 rings (SSSR count). The summed E-state index contributed by atoms with van der Waals surface area (Å²) in [7, 11) is 0. The normalized spacial score (nSPS) is 21.1. The fourth-order valence-electron chi connectivity index (χ4n) is 2.08. The summed E-state index contributed by atoms with van der Waals surface area (Å²) in [5.74, 6) is 0.206. The van der Waals surface area contributed by atoms with Gasteiger partial charge in [0, 0.05) is 25.6 Å². The minimum atomic E-state index is -0.0477. The van der Waals surface area contributed by atoms with Crippen molar-refractivity contribution in [1.29, 1.82) is 0 Å². The summed E-state index contributed by atoms with van der Waals surface area (Å²) in [5.41, 5.74) is 5.44. The summed E-state index contributed by atoms with van der Waals surface area (Å²) in [6.07, 6.45) is 2.20. The fourth-order valence-corrected chi connectivity index (χ4v) is 2.08. The summed E-state index contributed by atoms with van der Waals surface area (Å²) >= 11 is 0. The Kier molecular flexibility index (Phi) is 5.91. The second-order valence-electron chi connectivity index (χ2n) is 4.88. The molecule has 0 aromatic rings. The number of oxime groups is 1. The van der Waals surface area contributed by atoms with Crippen molar-refractivity contribution in [3.05, 3.63) is 0 Å². The molecular formula is C12H23N3O3. The molecule has 6 nitrogen and oxygen atoms in total. The van der Waals surface area contributed by atoms with Crippen molar-refractivity contribution in [1.82, 2.24) is 4.90 Å². The van der Waals surface area contributed by atoms with Crippen LogP contribution in [0.2, 0.25) is 0 Å². The first kappa shape index (κ1) is 14.8. The predicted molar refractivity (Wildman–Crippen MR) is 68.4 cm³/mol. The lowest BCUT2D eigenvalue weighted by atomic mass is 10.00. The van der Waals surface area contributed by atoms with Gasteiger partial charge in [-0.2, -0.15) is 0 Å². The summed E-state index contributed by atoms with van der Waals surface area (Å²) in [6, 6.07) is 0.103. The second kappa shape index (κ2) is 7.20. The Morgan fingerprint density at radius 1 is 1.61 bits per heavy atom. The average molecular weight is 257 g/mol. The number of rotatable bonds is 5. The molecule has 1 fully saturated rings. The van der Waals surface area contributed by atoms with E-state index in [1.807, 2.05) is 13.8 Å². The fraction of sp³-hybridized carbons (Fsp3) is 0.833. The maximum Gasteiger partial charge on any atom is 0.228 e. The van der Waals surface area contributed by atoms with Crippen LogP contribution in [0.25, 0.3) is 0 Å². The molecule has 0 aromatic heterocycles. The van der Waals surface area contributed by atoms with Crippen molar-refractivity contribution in [2.45, 2.75) is 39.2 Å². The number of hydrogen-bond acceptors (Lipinski definition) is 4. The van der Waals surface area contributed by atoms with E-state index in [4.69, 9.17) is 15.7 Å². The zero-order chi connectivity index (χ0) is 13.5. The molecule has 1 amide bonds. The van der Waals surface area contributed by atoms with Crippen molar-refractivity contribution >= 4 is 11.7 Å². The van der Waals surface area contributed by atoms with Crippen LogP contribution in [0.1, 0.15) is 33.1 Å². The molecule has 1 unspecified atom stereocenters. The van der Waals surface area contributed by atoms with Crippen LogP contribution in [0.5, 0.6) is 0 Å². The highest BCUT2D eigenvalue weighted by molar-refractivity contribution is 5.82. The summed E-state index contributed by atoms with van der Waals surface area (Å²) < 4.78 is 5.34. The van der Waals surface area contributed by atoms with E-state index in [2.05, 4.69) is 5.16 Å². The molecule has 1 aliphatic rings. The Balaban J connectivity index is 2.57. The standard InChI is InChI=1S/C12H23N3O3/c1-9(2)15(6-5-11(13)14-17)12(16)10-4-3-7-18-8-10/h9-10,17H,3-8H2,1-2H3,(H2,13,14). The lowest BCUT2D eigenvalue weighted by molar-refractivity contribution is -0.141. The molecule has 0 spiro atoms. The number of amidine groups is 1. The van der Waals surface area contributed by atoms with Crippen LogP contribution in [-0.2, 0) is 9.53 Å². The summed E-state index contributed by atoms with van der Waals surface area (Å²) in [4.78, 5) is 14.1. The lowest BCUT2D eigenvalue weighted by Crippen LogP contribution is -2.44. The van der Waals surface area contributed by atoms with Gasteiger partial charge in [-0.25, -0.2) is 0 Å². The molecule has 0 aromatic carbocycles. The van der Waals surface area contributed by atoms with E-state index in [0.717, 1.165) is 19.4 Å². The smallest absolute Gasteiger partial charge is 0.228 e. The van der Waals surface area contributed by atoms with Crippen LogP contribution in [0.15, 0.2) is 5.16 Å². The van der Waals surface area contributed by atoms with Crippen molar-refractivity contribution in [3.63, 3.8) is 0 Å². The molecule has 0 saturated carbocycles. The first-order valence-electron chi connectivity index (χ1n) is 6.41. The predicted octanol–water partition coefficient (Wildman–Crippen LogP) is 0.786. The highest BCUT2D eigenvalue weighted by atomic mass is 16.5. The monoisotopic (exact) mass is 257 g/mol. The molecule has 6 heteroatoms. The Hall–Kier alpha value is -1.30. The van der Waals surface area contributed by atoms with E-state index in [-0.39, 0.29) is 23.7 Å². The average Bonchev–Trinajstić information content (AvgIpc) is 2.39. The van der Waals surface area contributed by atoms with E-state index in [9.17, 15) is 4.79 Å². The van der Waals surface area contributed by atoms with Crippen LogP contribution < -0.4 is 5.73 Å². The topological polar surface area (TPSA) is 88.1 Å². The molecule has 0 bridgehead atoms.